The third kappa shape index (κ3) is 2.88. The largest absolute Gasteiger partial charge is 0.274 e. The van der Waals surface area contributed by atoms with Gasteiger partial charge in [0.15, 0.2) is 4.34 Å². The van der Waals surface area contributed by atoms with Crippen LogP contribution in [-0.4, -0.2) is 33.9 Å². The number of aromatic nitrogens is 7. The van der Waals surface area contributed by atoms with E-state index >= 15 is 0 Å². The van der Waals surface area contributed by atoms with Gasteiger partial charge in [0.25, 0.3) is 0 Å². The van der Waals surface area contributed by atoms with E-state index in [0.29, 0.717) is 11.1 Å². The summed E-state index contributed by atoms with van der Waals surface area (Å²) in [6, 6.07) is 0. The van der Waals surface area contributed by atoms with E-state index in [0.717, 1.165) is 10.2 Å². The van der Waals surface area contributed by atoms with Gasteiger partial charge in [-0.15, -0.1) is 0 Å². The molecule has 0 amide bonds. The molecule has 96 valence electrons. The molecule has 0 aromatic carbocycles. The van der Waals surface area contributed by atoms with Gasteiger partial charge >= 0.3 is 0 Å². The van der Waals surface area contributed by atoms with E-state index < -0.39 is 0 Å². The van der Waals surface area contributed by atoms with E-state index in [9.17, 15) is 0 Å². The molecule has 0 N–H and O–H groups in total. The lowest BCUT2D eigenvalue weighted by molar-refractivity contribution is 0.823. The van der Waals surface area contributed by atoms with Crippen LogP contribution in [0.2, 0.25) is 5.28 Å². The van der Waals surface area contributed by atoms with Crippen molar-refractivity contribution in [1.82, 2.24) is 33.9 Å². The lowest BCUT2D eigenvalue weighted by Crippen LogP contribution is -2.02. The SMILES string of the molecule is Cc1nsc(Sc2nc(Cl)nc(-n3ccnc3)n2)n1. The van der Waals surface area contributed by atoms with E-state index in [2.05, 4.69) is 29.3 Å². The van der Waals surface area contributed by atoms with Crippen LogP contribution in [-0.2, 0) is 0 Å². The zero-order chi connectivity index (χ0) is 13.2. The summed E-state index contributed by atoms with van der Waals surface area (Å²) in [5.74, 6) is 1.14. The molecule has 0 unspecified atom stereocenters. The van der Waals surface area contributed by atoms with Crippen molar-refractivity contribution in [2.45, 2.75) is 16.4 Å². The Balaban J connectivity index is 1.94. The number of hydrogen-bond donors (Lipinski definition) is 0. The Labute approximate surface area is 121 Å². The maximum atomic E-state index is 5.90. The Kier molecular flexibility index (Phi) is 3.40. The molecule has 3 rings (SSSR count). The Hall–Kier alpha value is -1.58. The minimum atomic E-state index is 0.127. The minimum Gasteiger partial charge on any atom is -0.274 e. The predicted molar refractivity (Wildman–Crippen MR) is 70.7 cm³/mol. The summed E-state index contributed by atoms with van der Waals surface area (Å²) in [5.41, 5.74) is 0. The summed E-state index contributed by atoms with van der Waals surface area (Å²) >= 11 is 8.49. The molecule has 3 aromatic rings. The van der Waals surface area contributed by atoms with Crippen molar-refractivity contribution in [1.29, 1.82) is 0 Å². The van der Waals surface area contributed by atoms with Crippen LogP contribution in [0.15, 0.2) is 28.2 Å². The lowest BCUT2D eigenvalue weighted by atomic mass is 10.8. The Morgan fingerprint density at radius 1 is 1.26 bits per heavy atom. The van der Waals surface area contributed by atoms with Gasteiger partial charge in [0, 0.05) is 12.4 Å². The standard InChI is InChI=1S/C9H6ClN7S2/c1-5-12-9(19-16-5)18-8-14-6(10)13-7(15-8)17-3-2-11-4-17/h2-4H,1H3. The van der Waals surface area contributed by atoms with Gasteiger partial charge < -0.3 is 0 Å². The van der Waals surface area contributed by atoms with Crippen LogP contribution in [0, 0.1) is 6.92 Å². The van der Waals surface area contributed by atoms with Crippen LogP contribution >= 0.6 is 34.9 Å². The van der Waals surface area contributed by atoms with Crippen molar-refractivity contribution in [3.8, 4) is 5.95 Å². The average Bonchev–Trinajstić information content (AvgIpc) is 3.00. The van der Waals surface area contributed by atoms with Crippen molar-refractivity contribution in [3.63, 3.8) is 0 Å². The normalized spacial score (nSPS) is 10.8. The molecule has 3 aromatic heterocycles. The lowest BCUT2D eigenvalue weighted by Gasteiger charge is -2.02. The smallest absolute Gasteiger partial charge is 0.240 e. The van der Waals surface area contributed by atoms with Crippen molar-refractivity contribution >= 4 is 34.9 Å². The number of rotatable bonds is 3. The van der Waals surface area contributed by atoms with Gasteiger partial charge in [-0.3, -0.25) is 4.57 Å². The van der Waals surface area contributed by atoms with Gasteiger partial charge in [0.05, 0.1) is 0 Å². The third-order valence-electron chi connectivity index (χ3n) is 2.00. The monoisotopic (exact) mass is 311 g/mol. The van der Waals surface area contributed by atoms with Gasteiger partial charge in [0.1, 0.15) is 12.2 Å². The summed E-state index contributed by atoms with van der Waals surface area (Å²) in [7, 11) is 0. The first-order valence-corrected chi connectivity index (χ1v) is 7.05. The summed E-state index contributed by atoms with van der Waals surface area (Å²) in [5, 5.41) is 0.599. The third-order valence-corrected chi connectivity index (χ3v) is 3.88. The number of imidazole rings is 1. The van der Waals surface area contributed by atoms with E-state index in [4.69, 9.17) is 11.6 Å². The summed E-state index contributed by atoms with van der Waals surface area (Å²) in [6.45, 7) is 1.83. The number of nitrogens with zero attached hydrogens (tertiary/aromatic N) is 7. The molecule has 0 aliphatic rings. The van der Waals surface area contributed by atoms with Crippen LogP contribution in [0.1, 0.15) is 5.82 Å². The molecule has 0 saturated carbocycles. The quantitative estimate of drug-likeness (QED) is 0.731. The maximum Gasteiger partial charge on any atom is 0.240 e. The first-order valence-electron chi connectivity index (χ1n) is 5.09. The zero-order valence-corrected chi connectivity index (χ0v) is 11.9. The fourth-order valence-electron chi connectivity index (χ4n) is 1.26. The minimum absolute atomic E-state index is 0.127. The van der Waals surface area contributed by atoms with Crippen molar-refractivity contribution < 1.29 is 0 Å². The molecule has 0 aliphatic carbocycles. The molecule has 0 aliphatic heterocycles. The summed E-state index contributed by atoms with van der Waals surface area (Å²) in [6.07, 6.45) is 4.96. The van der Waals surface area contributed by atoms with Crippen molar-refractivity contribution in [3.05, 3.63) is 29.8 Å². The molecule has 10 heteroatoms. The molecular weight excluding hydrogens is 306 g/mol. The molecule has 0 atom stereocenters. The molecule has 19 heavy (non-hydrogen) atoms. The molecule has 0 bridgehead atoms. The van der Waals surface area contributed by atoms with Gasteiger partial charge in [-0.05, 0) is 41.8 Å². The van der Waals surface area contributed by atoms with Crippen LogP contribution < -0.4 is 0 Å². The second-order valence-electron chi connectivity index (χ2n) is 3.37. The number of hydrogen-bond acceptors (Lipinski definition) is 8. The molecule has 3 heterocycles. The first-order chi connectivity index (χ1) is 9.20. The highest BCUT2D eigenvalue weighted by molar-refractivity contribution is 8.00. The Bertz CT molecular complexity index is 696. The highest BCUT2D eigenvalue weighted by atomic mass is 35.5. The second-order valence-corrected chi connectivity index (χ2v) is 5.67. The molecular formula is C9H6ClN7S2. The predicted octanol–water partition coefficient (Wildman–Crippen LogP) is 2.02. The maximum absolute atomic E-state index is 5.90. The molecule has 7 nitrogen and oxygen atoms in total. The molecule has 0 fully saturated rings. The molecule has 0 spiro atoms. The topological polar surface area (TPSA) is 82.3 Å². The fourth-order valence-corrected chi connectivity index (χ4v) is 2.97. The summed E-state index contributed by atoms with van der Waals surface area (Å²) < 4.78 is 6.51. The van der Waals surface area contributed by atoms with Gasteiger partial charge in [-0.1, -0.05) is 0 Å². The van der Waals surface area contributed by atoms with Crippen LogP contribution in [0.25, 0.3) is 5.95 Å². The molecule has 0 radical (unpaired) electrons. The van der Waals surface area contributed by atoms with Gasteiger partial charge in [-0.2, -0.15) is 19.3 Å². The Morgan fingerprint density at radius 2 is 2.16 bits per heavy atom. The van der Waals surface area contributed by atoms with E-state index in [1.165, 1.54) is 23.3 Å². The van der Waals surface area contributed by atoms with Crippen molar-refractivity contribution in [2.24, 2.45) is 0 Å². The van der Waals surface area contributed by atoms with E-state index in [1.807, 2.05) is 6.92 Å². The van der Waals surface area contributed by atoms with Crippen LogP contribution in [0.5, 0.6) is 0 Å². The van der Waals surface area contributed by atoms with Gasteiger partial charge in [-0.25, -0.2) is 9.97 Å². The average molecular weight is 312 g/mol. The number of halogens is 1. The highest BCUT2D eigenvalue weighted by Crippen LogP contribution is 2.26. The van der Waals surface area contributed by atoms with E-state index in [1.54, 1.807) is 23.3 Å². The van der Waals surface area contributed by atoms with Gasteiger partial charge in [0.2, 0.25) is 16.4 Å². The summed E-state index contributed by atoms with van der Waals surface area (Å²) in [4.78, 5) is 20.6. The molecule has 0 saturated heterocycles. The van der Waals surface area contributed by atoms with Crippen LogP contribution in [0.4, 0.5) is 0 Å². The second kappa shape index (κ2) is 5.19. The first kappa shape index (κ1) is 12.5. The fraction of sp³-hybridized carbons (Fsp3) is 0.111. The number of aryl methyl sites for hydroxylation is 1. The van der Waals surface area contributed by atoms with E-state index in [-0.39, 0.29) is 5.28 Å². The van der Waals surface area contributed by atoms with Crippen molar-refractivity contribution in [2.75, 3.05) is 0 Å². The highest BCUT2D eigenvalue weighted by Gasteiger charge is 2.10. The Morgan fingerprint density at radius 3 is 2.84 bits per heavy atom. The zero-order valence-electron chi connectivity index (χ0n) is 9.56. The van der Waals surface area contributed by atoms with Crippen LogP contribution in [0.3, 0.4) is 0 Å².